The van der Waals surface area contributed by atoms with Crippen molar-refractivity contribution in [2.24, 2.45) is 0 Å². The average molecular weight is 478 g/mol. The molecule has 3 aromatic rings. The summed E-state index contributed by atoms with van der Waals surface area (Å²) in [6.07, 6.45) is -3.61. The summed E-state index contributed by atoms with van der Waals surface area (Å²) in [7, 11) is -3.07. The van der Waals surface area contributed by atoms with Crippen molar-refractivity contribution in [1.82, 2.24) is 10.2 Å². The summed E-state index contributed by atoms with van der Waals surface area (Å²) in [4.78, 5) is 13.3. The van der Waals surface area contributed by atoms with Crippen LogP contribution in [0, 0.1) is 25.6 Å². The van der Waals surface area contributed by atoms with Crippen LogP contribution in [0.1, 0.15) is 32.7 Å². The number of rotatable bonds is 5. The highest BCUT2D eigenvalue weighted by atomic mass is 32.2. The summed E-state index contributed by atoms with van der Waals surface area (Å²) in [5, 5.41) is 9.32. The summed E-state index contributed by atoms with van der Waals surface area (Å²) < 4.78 is 65.9. The minimum Gasteiger partial charge on any atom is -0.436 e. The number of amides is 1. The molecule has 0 bridgehead atoms. The van der Waals surface area contributed by atoms with E-state index in [1.807, 2.05) is 0 Å². The molecule has 2 N–H and O–H groups in total. The van der Waals surface area contributed by atoms with Gasteiger partial charge in [0.15, 0.2) is 5.69 Å². The largest absolute Gasteiger partial charge is 0.436 e. The zero-order valence-electron chi connectivity index (χ0n) is 18.2. The third kappa shape index (κ3) is 5.30. The van der Waals surface area contributed by atoms with Gasteiger partial charge in [-0.05, 0) is 55.7 Å². The zero-order valence-corrected chi connectivity index (χ0v) is 19.0. The van der Waals surface area contributed by atoms with Gasteiger partial charge >= 0.3 is 6.18 Å². The van der Waals surface area contributed by atoms with Gasteiger partial charge in [0, 0.05) is 16.8 Å². The van der Waals surface area contributed by atoms with Gasteiger partial charge in [0.05, 0.1) is 9.73 Å². The van der Waals surface area contributed by atoms with Crippen molar-refractivity contribution in [3.63, 3.8) is 0 Å². The number of benzene rings is 2. The first-order chi connectivity index (χ1) is 15.3. The first-order valence-electron chi connectivity index (χ1n) is 9.63. The maximum atomic E-state index is 13.5. The lowest BCUT2D eigenvalue weighted by Crippen LogP contribution is -2.21. The number of aromatic nitrogens is 2. The van der Waals surface area contributed by atoms with Crippen molar-refractivity contribution >= 4 is 21.3 Å². The van der Waals surface area contributed by atoms with Gasteiger partial charge in [0.1, 0.15) is 11.3 Å². The number of hydrogen-bond acceptors (Lipinski definition) is 6. The molecule has 1 heterocycles. The second-order valence-corrected chi connectivity index (χ2v) is 9.66. The predicted molar refractivity (Wildman–Crippen MR) is 117 cm³/mol. The minimum atomic E-state index is -4.83. The Morgan fingerprint density at radius 3 is 2.24 bits per heavy atom. The molecule has 0 aliphatic heterocycles. The van der Waals surface area contributed by atoms with Crippen LogP contribution in [0.15, 0.2) is 47.4 Å². The fraction of sp³-hybridized carbons (Fsp3) is 0.227. The van der Waals surface area contributed by atoms with E-state index in [0.29, 0.717) is 16.9 Å². The lowest BCUT2D eigenvalue weighted by Gasteiger charge is -2.17. The molecule has 3 rings (SSSR count). The van der Waals surface area contributed by atoms with Crippen molar-refractivity contribution < 1.29 is 26.9 Å². The molecule has 11 heteroatoms. The number of aryl methyl sites for hydroxylation is 2. The Labute approximate surface area is 189 Å². The number of ether oxygens (including phenoxy) is 1. The molecule has 0 spiro atoms. The molecule has 2 aromatic carbocycles. The molecule has 174 valence electrons. The summed E-state index contributed by atoms with van der Waals surface area (Å²) in [6.45, 7) is 4.62. The topological polar surface area (TPSA) is 105 Å². The standard InChI is InChI=1S/C22H21F3N4O3S/c1-12-7-5-8-13(2)18(12)32-21-17(14(3)19(28-29-21)22(23,24)25)20(30)27-15-9-6-10-16(11-15)33(4,26)31/h5-11,26H,1-4H3,(H,27,30). The van der Waals surface area contributed by atoms with Crippen molar-refractivity contribution in [2.75, 3.05) is 11.6 Å². The number of alkyl halides is 3. The molecule has 0 fully saturated rings. The molecule has 33 heavy (non-hydrogen) atoms. The maximum absolute atomic E-state index is 13.5. The molecule has 0 saturated heterocycles. The number of nitrogens with one attached hydrogen (secondary N) is 2. The first-order valence-corrected chi connectivity index (χ1v) is 11.6. The predicted octanol–water partition coefficient (Wildman–Crippen LogP) is 5.50. The Morgan fingerprint density at radius 1 is 1.06 bits per heavy atom. The molecular formula is C22H21F3N4O3S. The van der Waals surface area contributed by atoms with Gasteiger partial charge in [0.2, 0.25) is 0 Å². The molecule has 1 amide bonds. The number of anilines is 1. The van der Waals surface area contributed by atoms with Gasteiger partial charge < -0.3 is 10.1 Å². The Hall–Kier alpha value is -3.47. The van der Waals surface area contributed by atoms with E-state index in [0.717, 1.165) is 6.92 Å². The number of carbonyl (C=O) groups excluding carboxylic acids is 1. The lowest BCUT2D eigenvalue weighted by atomic mass is 10.1. The Balaban J connectivity index is 2.11. The normalized spacial score (nSPS) is 13.3. The third-order valence-electron chi connectivity index (χ3n) is 4.83. The van der Waals surface area contributed by atoms with E-state index in [1.54, 1.807) is 32.0 Å². The molecular weight excluding hydrogens is 457 g/mol. The minimum absolute atomic E-state index is 0.155. The number of carbonyl (C=O) groups is 1. The SMILES string of the molecule is Cc1cccc(C)c1Oc1nnc(C(F)(F)F)c(C)c1C(=O)Nc1cccc(S(C)(=N)=O)c1. The number of halogens is 3. The number of hydrogen-bond donors (Lipinski definition) is 2. The van der Waals surface area contributed by atoms with E-state index in [1.165, 1.54) is 30.5 Å². The van der Waals surface area contributed by atoms with Crippen LogP contribution in [-0.4, -0.2) is 26.6 Å². The van der Waals surface area contributed by atoms with E-state index in [-0.39, 0.29) is 16.5 Å². The summed E-state index contributed by atoms with van der Waals surface area (Å²) in [6, 6.07) is 11.0. The van der Waals surface area contributed by atoms with Crippen LogP contribution in [0.4, 0.5) is 18.9 Å². The van der Waals surface area contributed by atoms with Crippen molar-refractivity contribution in [2.45, 2.75) is 31.8 Å². The van der Waals surface area contributed by atoms with Crippen LogP contribution >= 0.6 is 0 Å². The Morgan fingerprint density at radius 2 is 1.67 bits per heavy atom. The third-order valence-corrected chi connectivity index (χ3v) is 5.98. The quantitative estimate of drug-likeness (QED) is 0.504. The van der Waals surface area contributed by atoms with Crippen LogP contribution in [-0.2, 0) is 15.9 Å². The number of para-hydroxylation sites is 1. The number of nitrogens with zero attached hydrogens (tertiary/aromatic N) is 2. The van der Waals surface area contributed by atoms with Gasteiger partial charge in [-0.1, -0.05) is 24.3 Å². The molecule has 7 nitrogen and oxygen atoms in total. The fourth-order valence-electron chi connectivity index (χ4n) is 3.17. The van der Waals surface area contributed by atoms with Gasteiger partial charge in [-0.3, -0.25) is 4.79 Å². The average Bonchev–Trinajstić information content (AvgIpc) is 2.69. The van der Waals surface area contributed by atoms with Gasteiger partial charge in [-0.25, -0.2) is 8.99 Å². The lowest BCUT2D eigenvalue weighted by molar-refractivity contribution is -0.142. The van der Waals surface area contributed by atoms with E-state index >= 15 is 0 Å². The van der Waals surface area contributed by atoms with Gasteiger partial charge in [-0.15, -0.1) is 10.2 Å². The van der Waals surface area contributed by atoms with Gasteiger partial charge in [-0.2, -0.15) is 13.2 Å². The van der Waals surface area contributed by atoms with Crippen LogP contribution in [0.3, 0.4) is 0 Å². The second kappa shape index (κ2) is 8.81. The molecule has 0 aliphatic rings. The van der Waals surface area contributed by atoms with Crippen LogP contribution in [0.5, 0.6) is 11.6 Å². The van der Waals surface area contributed by atoms with E-state index < -0.39 is 38.6 Å². The molecule has 1 unspecified atom stereocenters. The Bertz CT molecular complexity index is 1320. The molecule has 0 aliphatic carbocycles. The smallest absolute Gasteiger partial charge is 0.435 e. The highest BCUT2D eigenvalue weighted by Crippen LogP contribution is 2.36. The monoisotopic (exact) mass is 478 g/mol. The van der Waals surface area contributed by atoms with Crippen LogP contribution in [0.2, 0.25) is 0 Å². The van der Waals surface area contributed by atoms with Crippen LogP contribution < -0.4 is 10.1 Å². The molecule has 1 aromatic heterocycles. The van der Waals surface area contributed by atoms with E-state index in [2.05, 4.69) is 15.5 Å². The fourth-order valence-corrected chi connectivity index (χ4v) is 3.86. The summed E-state index contributed by atoms with van der Waals surface area (Å²) in [5.74, 6) is -0.952. The highest BCUT2D eigenvalue weighted by molar-refractivity contribution is 7.91. The van der Waals surface area contributed by atoms with E-state index in [4.69, 9.17) is 9.52 Å². The summed E-state index contributed by atoms with van der Waals surface area (Å²) >= 11 is 0. The van der Waals surface area contributed by atoms with Gasteiger partial charge in [0.25, 0.3) is 11.8 Å². The molecule has 0 saturated carbocycles. The Kier molecular flexibility index (Phi) is 6.46. The van der Waals surface area contributed by atoms with E-state index in [9.17, 15) is 22.2 Å². The highest BCUT2D eigenvalue weighted by Gasteiger charge is 2.38. The van der Waals surface area contributed by atoms with Crippen molar-refractivity contribution in [1.29, 1.82) is 4.78 Å². The summed E-state index contributed by atoms with van der Waals surface area (Å²) in [5.41, 5.74) is -0.649. The zero-order chi connectivity index (χ0) is 24.6. The van der Waals surface area contributed by atoms with Crippen LogP contribution in [0.25, 0.3) is 0 Å². The van der Waals surface area contributed by atoms with Crippen molar-refractivity contribution in [3.05, 3.63) is 70.4 Å². The molecule has 1 atom stereocenters. The molecule has 0 radical (unpaired) electrons. The van der Waals surface area contributed by atoms with Crippen molar-refractivity contribution in [3.8, 4) is 11.6 Å². The maximum Gasteiger partial charge on any atom is 0.435 e. The second-order valence-electron chi connectivity index (χ2n) is 7.50. The first kappa shape index (κ1) is 24.2.